The summed E-state index contributed by atoms with van der Waals surface area (Å²) in [6, 6.07) is 20.2. The van der Waals surface area contributed by atoms with Gasteiger partial charge < -0.3 is 5.11 Å². The Morgan fingerprint density at radius 2 is 1.52 bits per heavy atom. The molecule has 0 radical (unpaired) electrons. The third kappa shape index (κ3) is 3.48. The molecule has 2 aliphatic rings. The van der Waals surface area contributed by atoms with Gasteiger partial charge in [-0.15, -0.1) is 0 Å². The summed E-state index contributed by atoms with van der Waals surface area (Å²) in [7, 11) is 0. The molecule has 0 saturated carbocycles. The van der Waals surface area contributed by atoms with Gasteiger partial charge in [-0.25, -0.2) is 0 Å². The van der Waals surface area contributed by atoms with Crippen LogP contribution in [0, 0.1) is 11.3 Å². The van der Waals surface area contributed by atoms with Crippen molar-refractivity contribution in [2.24, 2.45) is 11.3 Å². The lowest BCUT2D eigenvalue weighted by Gasteiger charge is -2.50. The van der Waals surface area contributed by atoms with E-state index in [1.54, 1.807) is 0 Å². The molecule has 0 saturated heterocycles. The van der Waals surface area contributed by atoms with E-state index in [0.717, 1.165) is 42.4 Å². The van der Waals surface area contributed by atoms with Crippen LogP contribution in [-0.2, 0) is 10.4 Å². The molecule has 0 aromatic heterocycles. The molecule has 152 valence electrons. The molecule has 3 atom stereocenters. The Morgan fingerprint density at radius 3 is 2.14 bits per heavy atom. The molecule has 2 heteroatoms. The molecular formula is C27H32O2. The highest BCUT2D eigenvalue weighted by atomic mass is 16.3. The quantitative estimate of drug-likeness (QED) is 0.639. The molecule has 4 rings (SSSR count). The summed E-state index contributed by atoms with van der Waals surface area (Å²) in [5.41, 5.74) is 2.74. The molecule has 0 amide bonds. The number of hydrogen-bond donors (Lipinski definition) is 1. The number of allylic oxidation sites excluding steroid dienone is 1. The minimum Gasteiger partial charge on any atom is -0.380 e. The van der Waals surface area contributed by atoms with Crippen LogP contribution in [0.5, 0.6) is 0 Å². The van der Waals surface area contributed by atoms with Gasteiger partial charge in [0, 0.05) is 11.3 Å². The molecule has 0 spiro atoms. The van der Waals surface area contributed by atoms with E-state index in [1.165, 1.54) is 12.0 Å². The van der Waals surface area contributed by atoms with Crippen molar-refractivity contribution in [3.05, 3.63) is 82.9 Å². The van der Waals surface area contributed by atoms with Gasteiger partial charge >= 0.3 is 0 Å². The lowest BCUT2D eigenvalue weighted by atomic mass is 9.56. The predicted octanol–water partition coefficient (Wildman–Crippen LogP) is 6.16. The SMILES string of the molecule is CC(C)(C)C(=O)[C@H]1[C@H](c2ccccc2)CC2=C(CCCC2)[C@]1(O)c1ccccc1. The van der Waals surface area contributed by atoms with Crippen molar-refractivity contribution in [2.45, 2.75) is 64.4 Å². The molecule has 0 unspecified atom stereocenters. The number of aliphatic hydroxyl groups is 1. The van der Waals surface area contributed by atoms with E-state index in [2.05, 4.69) is 12.1 Å². The van der Waals surface area contributed by atoms with Crippen LogP contribution in [0.15, 0.2) is 71.8 Å². The predicted molar refractivity (Wildman–Crippen MR) is 118 cm³/mol. The zero-order valence-electron chi connectivity index (χ0n) is 17.8. The van der Waals surface area contributed by atoms with Gasteiger partial charge in [-0.1, -0.05) is 87.0 Å². The van der Waals surface area contributed by atoms with E-state index in [9.17, 15) is 9.90 Å². The van der Waals surface area contributed by atoms with Gasteiger partial charge in [-0.2, -0.15) is 0 Å². The minimum absolute atomic E-state index is 0.00928. The van der Waals surface area contributed by atoms with Crippen molar-refractivity contribution in [1.29, 1.82) is 0 Å². The molecule has 2 aromatic carbocycles. The monoisotopic (exact) mass is 388 g/mol. The summed E-state index contributed by atoms with van der Waals surface area (Å²) in [4.78, 5) is 13.9. The number of ketones is 1. The van der Waals surface area contributed by atoms with E-state index in [-0.39, 0.29) is 11.7 Å². The van der Waals surface area contributed by atoms with Gasteiger partial charge in [0.1, 0.15) is 11.4 Å². The van der Waals surface area contributed by atoms with Crippen molar-refractivity contribution in [1.82, 2.24) is 0 Å². The molecule has 0 fully saturated rings. The maximum atomic E-state index is 13.9. The molecular weight excluding hydrogens is 356 g/mol. The van der Waals surface area contributed by atoms with Crippen molar-refractivity contribution in [3.8, 4) is 0 Å². The van der Waals surface area contributed by atoms with Crippen LogP contribution >= 0.6 is 0 Å². The van der Waals surface area contributed by atoms with Crippen LogP contribution in [0.25, 0.3) is 0 Å². The lowest BCUT2D eigenvalue weighted by Crippen LogP contribution is -2.51. The van der Waals surface area contributed by atoms with E-state index < -0.39 is 16.9 Å². The lowest BCUT2D eigenvalue weighted by molar-refractivity contribution is -0.141. The fourth-order valence-corrected chi connectivity index (χ4v) is 5.41. The van der Waals surface area contributed by atoms with Crippen LogP contribution in [0.3, 0.4) is 0 Å². The highest BCUT2D eigenvalue weighted by molar-refractivity contribution is 5.89. The smallest absolute Gasteiger partial charge is 0.145 e. The first-order chi connectivity index (χ1) is 13.8. The average molecular weight is 389 g/mol. The number of carbonyl (C=O) groups is 1. The maximum Gasteiger partial charge on any atom is 0.145 e. The van der Waals surface area contributed by atoms with Gasteiger partial charge in [-0.3, -0.25) is 4.79 Å². The third-order valence-corrected chi connectivity index (χ3v) is 6.82. The van der Waals surface area contributed by atoms with Crippen LogP contribution in [-0.4, -0.2) is 10.9 Å². The van der Waals surface area contributed by atoms with Crippen LogP contribution in [0.2, 0.25) is 0 Å². The molecule has 1 N–H and O–H groups in total. The summed E-state index contributed by atoms with van der Waals surface area (Å²) in [6.45, 7) is 5.94. The normalized spacial score (nSPS) is 27.4. The Kier molecular flexibility index (Phi) is 5.25. The van der Waals surface area contributed by atoms with Crippen LogP contribution < -0.4 is 0 Å². The molecule has 2 nitrogen and oxygen atoms in total. The maximum absolute atomic E-state index is 13.9. The first-order valence-electron chi connectivity index (χ1n) is 10.9. The summed E-state index contributed by atoms with van der Waals surface area (Å²) in [6.07, 6.45) is 5.05. The molecule has 0 aliphatic heterocycles. The van der Waals surface area contributed by atoms with Crippen molar-refractivity contribution < 1.29 is 9.90 Å². The highest BCUT2D eigenvalue weighted by Gasteiger charge is 2.55. The van der Waals surface area contributed by atoms with E-state index in [1.807, 2.05) is 69.3 Å². The highest BCUT2D eigenvalue weighted by Crippen LogP contribution is 2.56. The molecule has 2 aliphatic carbocycles. The van der Waals surface area contributed by atoms with Gasteiger partial charge in [0.2, 0.25) is 0 Å². The standard InChI is InChI=1S/C27H32O2/c1-26(2,3)25(28)24-22(19-12-6-4-7-13-19)18-20-14-10-11-17-23(20)27(24,29)21-15-8-5-9-16-21/h4-9,12-13,15-16,22,24,29H,10-11,14,17-18H2,1-3H3/t22-,24+,27+/m0/s1. The summed E-state index contributed by atoms with van der Waals surface area (Å²) in [5.74, 6) is -0.344. The zero-order valence-corrected chi connectivity index (χ0v) is 17.8. The largest absolute Gasteiger partial charge is 0.380 e. The first-order valence-corrected chi connectivity index (χ1v) is 10.9. The summed E-state index contributed by atoms with van der Waals surface area (Å²) in [5, 5.41) is 12.5. The van der Waals surface area contributed by atoms with Crippen molar-refractivity contribution in [2.75, 3.05) is 0 Å². The van der Waals surface area contributed by atoms with Gasteiger partial charge in [0.15, 0.2) is 0 Å². The van der Waals surface area contributed by atoms with Crippen molar-refractivity contribution >= 4 is 5.78 Å². The van der Waals surface area contributed by atoms with E-state index >= 15 is 0 Å². The fraction of sp³-hybridized carbons (Fsp3) is 0.444. The fourth-order valence-electron chi connectivity index (χ4n) is 5.41. The Bertz CT molecular complexity index is 905. The Labute approximate surface area is 174 Å². The van der Waals surface area contributed by atoms with Crippen molar-refractivity contribution in [3.63, 3.8) is 0 Å². The number of Topliss-reactive ketones (excluding diaryl/α,β-unsaturated/α-hetero) is 1. The Morgan fingerprint density at radius 1 is 0.931 bits per heavy atom. The second kappa shape index (κ2) is 7.57. The summed E-state index contributed by atoms with van der Waals surface area (Å²) >= 11 is 0. The van der Waals surface area contributed by atoms with Gasteiger partial charge in [0.25, 0.3) is 0 Å². The first kappa shape index (κ1) is 20.1. The Balaban J connectivity index is 1.97. The molecule has 2 aromatic rings. The minimum atomic E-state index is -1.24. The average Bonchev–Trinajstić information content (AvgIpc) is 2.74. The van der Waals surface area contributed by atoms with E-state index in [0.29, 0.717) is 0 Å². The number of benzene rings is 2. The molecule has 29 heavy (non-hydrogen) atoms. The van der Waals surface area contributed by atoms with Gasteiger partial charge in [0.05, 0.1) is 5.92 Å². The second-order valence-corrected chi connectivity index (χ2v) is 9.73. The number of rotatable bonds is 3. The Hall–Kier alpha value is -2.19. The number of carbonyl (C=O) groups excluding carboxylic acids is 1. The second-order valence-electron chi connectivity index (χ2n) is 9.73. The molecule has 0 bridgehead atoms. The van der Waals surface area contributed by atoms with Crippen LogP contribution in [0.1, 0.15) is 69.9 Å². The van der Waals surface area contributed by atoms with Gasteiger partial charge in [-0.05, 0) is 48.8 Å². The number of hydrogen-bond acceptors (Lipinski definition) is 2. The third-order valence-electron chi connectivity index (χ3n) is 6.82. The molecule has 0 heterocycles. The van der Waals surface area contributed by atoms with Crippen LogP contribution in [0.4, 0.5) is 0 Å². The summed E-state index contributed by atoms with van der Waals surface area (Å²) < 4.78 is 0. The zero-order chi connectivity index (χ0) is 20.6. The van der Waals surface area contributed by atoms with E-state index in [4.69, 9.17) is 0 Å². The topological polar surface area (TPSA) is 37.3 Å².